The van der Waals surface area contributed by atoms with Crippen molar-refractivity contribution in [1.82, 2.24) is 0 Å². The molecule has 0 radical (unpaired) electrons. The first kappa shape index (κ1) is 20.3. The van der Waals surface area contributed by atoms with Crippen molar-refractivity contribution in [3.8, 4) is 22.3 Å². The van der Waals surface area contributed by atoms with Gasteiger partial charge in [-0.05, 0) is 91.0 Å². The summed E-state index contributed by atoms with van der Waals surface area (Å²) in [7, 11) is 0. The lowest BCUT2D eigenvalue weighted by atomic mass is 9.80. The van der Waals surface area contributed by atoms with E-state index in [1.54, 1.807) is 0 Å². The van der Waals surface area contributed by atoms with Crippen LogP contribution < -0.4 is 0 Å². The van der Waals surface area contributed by atoms with Crippen molar-refractivity contribution >= 4 is 32.3 Å². The smallest absolute Gasteiger partial charge is 0.0844 e. The van der Waals surface area contributed by atoms with E-state index in [1.165, 1.54) is 71.3 Å². The number of hydrogen-bond donors (Lipinski definition) is 0. The Labute approximate surface area is 211 Å². The maximum Gasteiger partial charge on any atom is 0.0844 e. The van der Waals surface area contributed by atoms with Crippen LogP contribution in [0.25, 0.3) is 54.6 Å². The minimum atomic E-state index is 0.222. The molecule has 1 saturated heterocycles. The number of hydrogen-bond acceptors (Lipinski definition) is 1. The summed E-state index contributed by atoms with van der Waals surface area (Å²) in [6.07, 6.45) is 2.75. The lowest BCUT2D eigenvalue weighted by Gasteiger charge is -2.22. The Hall–Kier alpha value is -3.94. The molecule has 2 heterocycles. The first-order chi connectivity index (χ1) is 17.8. The molecule has 0 spiro atoms. The van der Waals surface area contributed by atoms with E-state index in [-0.39, 0.29) is 12.2 Å². The third kappa shape index (κ3) is 2.69. The Balaban J connectivity index is 1.54. The fourth-order valence-electron chi connectivity index (χ4n) is 6.90. The van der Waals surface area contributed by atoms with E-state index in [4.69, 9.17) is 4.74 Å². The van der Waals surface area contributed by atoms with E-state index in [1.807, 2.05) is 0 Å². The summed E-state index contributed by atoms with van der Waals surface area (Å²) in [6, 6.07) is 38.2. The zero-order valence-electron chi connectivity index (χ0n) is 20.3. The monoisotopic (exact) mass is 462 g/mol. The van der Waals surface area contributed by atoms with Gasteiger partial charge in [-0.2, -0.15) is 0 Å². The fourth-order valence-corrected chi connectivity index (χ4v) is 6.90. The van der Waals surface area contributed by atoms with Crippen LogP contribution in [-0.4, -0.2) is 0 Å². The lowest BCUT2D eigenvalue weighted by Crippen LogP contribution is -2.01. The van der Waals surface area contributed by atoms with E-state index in [2.05, 4.69) is 110 Å². The van der Waals surface area contributed by atoms with Crippen molar-refractivity contribution in [2.24, 2.45) is 0 Å². The van der Waals surface area contributed by atoms with Crippen LogP contribution in [0.5, 0.6) is 0 Å². The van der Waals surface area contributed by atoms with Crippen LogP contribution in [0.4, 0.5) is 0 Å². The predicted molar refractivity (Wildman–Crippen MR) is 150 cm³/mol. The third-order valence-corrected chi connectivity index (χ3v) is 8.44. The average molecular weight is 463 g/mol. The predicted octanol–water partition coefficient (Wildman–Crippen LogP) is 9.69. The third-order valence-electron chi connectivity index (χ3n) is 8.44. The Morgan fingerprint density at radius 2 is 1.06 bits per heavy atom. The van der Waals surface area contributed by atoms with Gasteiger partial charge >= 0.3 is 0 Å². The van der Waals surface area contributed by atoms with E-state index >= 15 is 0 Å². The molecule has 2 aliphatic rings. The molecular formula is C35H26O. The van der Waals surface area contributed by atoms with Gasteiger partial charge in [0.1, 0.15) is 0 Å². The zero-order valence-corrected chi connectivity index (χ0v) is 20.3. The van der Waals surface area contributed by atoms with Crippen LogP contribution in [0.3, 0.4) is 0 Å². The first-order valence-corrected chi connectivity index (χ1v) is 13.0. The summed E-state index contributed by atoms with van der Waals surface area (Å²) >= 11 is 0. The van der Waals surface area contributed by atoms with Gasteiger partial charge in [0.05, 0.1) is 12.2 Å². The second-order valence-electron chi connectivity index (χ2n) is 10.3. The van der Waals surface area contributed by atoms with Gasteiger partial charge in [-0.25, -0.2) is 0 Å². The van der Waals surface area contributed by atoms with Crippen molar-refractivity contribution in [3.05, 3.63) is 120 Å². The largest absolute Gasteiger partial charge is 0.366 e. The van der Waals surface area contributed by atoms with Gasteiger partial charge in [-0.1, -0.05) is 103 Å². The quantitative estimate of drug-likeness (QED) is 0.233. The minimum absolute atomic E-state index is 0.222. The van der Waals surface area contributed by atoms with E-state index in [9.17, 15) is 0 Å². The number of aryl methyl sites for hydroxylation is 1. The standard InChI is InChI=1S/C35H26O/c1-21-17-18-28(23-10-3-2-9-22(21)23)33-24-11-4-6-13-26(24)34(27-14-7-5-12-25(27)33)30-16-8-15-29-31-19-20-32(36-31)35(29)30/h2-18,31-32H,19-20H2,1H3. The van der Waals surface area contributed by atoms with Gasteiger partial charge in [0.25, 0.3) is 0 Å². The second-order valence-corrected chi connectivity index (χ2v) is 10.3. The highest BCUT2D eigenvalue weighted by Gasteiger charge is 2.40. The maximum absolute atomic E-state index is 6.38. The zero-order chi connectivity index (χ0) is 23.8. The van der Waals surface area contributed by atoms with Gasteiger partial charge in [0, 0.05) is 0 Å². The molecule has 6 aromatic rings. The number of rotatable bonds is 2. The van der Waals surface area contributed by atoms with Crippen molar-refractivity contribution in [3.63, 3.8) is 0 Å². The van der Waals surface area contributed by atoms with Crippen LogP contribution >= 0.6 is 0 Å². The van der Waals surface area contributed by atoms with Crippen LogP contribution in [-0.2, 0) is 4.74 Å². The lowest BCUT2D eigenvalue weighted by molar-refractivity contribution is 0.0718. The van der Waals surface area contributed by atoms with Gasteiger partial charge in [-0.15, -0.1) is 0 Å². The van der Waals surface area contributed by atoms with Crippen molar-refractivity contribution in [1.29, 1.82) is 0 Å². The molecule has 2 bridgehead atoms. The van der Waals surface area contributed by atoms with E-state index in [0.29, 0.717) is 0 Å². The van der Waals surface area contributed by atoms with Crippen LogP contribution in [0.15, 0.2) is 103 Å². The highest BCUT2D eigenvalue weighted by Crippen LogP contribution is 2.55. The number of ether oxygens (including phenoxy) is 1. The van der Waals surface area contributed by atoms with Crippen molar-refractivity contribution in [2.45, 2.75) is 32.0 Å². The molecule has 6 aromatic carbocycles. The topological polar surface area (TPSA) is 9.23 Å². The van der Waals surface area contributed by atoms with Gasteiger partial charge in [0.2, 0.25) is 0 Å². The molecule has 2 atom stereocenters. The Morgan fingerprint density at radius 1 is 0.500 bits per heavy atom. The summed E-state index contributed by atoms with van der Waals surface area (Å²) in [5.74, 6) is 0. The van der Waals surface area contributed by atoms with E-state index in [0.717, 1.165) is 12.8 Å². The molecule has 2 unspecified atom stereocenters. The number of fused-ring (bicyclic) bond motifs is 8. The number of benzene rings is 6. The summed E-state index contributed by atoms with van der Waals surface area (Å²) in [5.41, 5.74) is 9.43. The molecule has 8 rings (SSSR count). The van der Waals surface area contributed by atoms with Crippen LogP contribution in [0.2, 0.25) is 0 Å². The molecule has 0 amide bonds. The molecule has 0 aromatic heterocycles. The second kappa shape index (κ2) is 7.53. The van der Waals surface area contributed by atoms with Gasteiger partial charge in [-0.3, -0.25) is 0 Å². The Bertz CT molecular complexity index is 1790. The molecule has 0 aliphatic carbocycles. The fraction of sp³-hybridized carbons (Fsp3) is 0.143. The molecule has 1 heteroatoms. The Morgan fingerprint density at radius 3 is 1.72 bits per heavy atom. The minimum Gasteiger partial charge on any atom is -0.366 e. The molecule has 36 heavy (non-hydrogen) atoms. The molecule has 0 saturated carbocycles. The highest BCUT2D eigenvalue weighted by atomic mass is 16.5. The first-order valence-electron chi connectivity index (χ1n) is 13.0. The molecule has 1 nitrogen and oxygen atoms in total. The molecule has 172 valence electrons. The van der Waals surface area contributed by atoms with E-state index < -0.39 is 0 Å². The normalized spacial score (nSPS) is 18.4. The summed E-state index contributed by atoms with van der Waals surface area (Å²) in [4.78, 5) is 0. The van der Waals surface area contributed by atoms with Gasteiger partial charge < -0.3 is 4.74 Å². The highest BCUT2D eigenvalue weighted by molar-refractivity contribution is 6.23. The summed E-state index contributed by atoms with van der Waals surface area (Å²) < 4.78 is 6.38. The summed E-state index contributed by atoms with van der Waals surface area (Å²) in [5, 5.41) is 7.87. The molecule has 1 fully saturated rings. The van der Waals surface area contributed by atoms with Crippen molar-refractivity contribution < 1.29 is 4.74 Å². The maximum atomic E-state index is 6.38. The van der Waals surface area contributed by atoms with Crippen LogP contribution in [0.1, 0.15) is 41.7 Å². The van der Waals surface area contributed by atoms with Crippen LogP contribution in [0, 0.1) is 6.92 Å². The SMILES string of the molecule is Cc1ccc(-c2c3ccccc3c(-c3cccc4c3C3CCC4O3)c3ccccc23)c2ccccc12. The Kier molecular flexibility index (Phi) is 4.24. The van der Waals surface area contributed by atoms with Crippen molar-refractivity contribution in [2.75, 3.05) is 0 Å². The molecule has 2 aliphatic heterocycles. The average Bonchev–Trinajstić information content (AvgIpc) is 3.56. The molecule has 0 N–H and O–H groups in total. The molecular weight excluding hydrogens is 436 g/mol. The summed E-state index contributed by atoms with van der Waals surface area (Å²) in [6.45, 7) is 2.21. The van der Waals surface area contributed by atoms with Gasteiger partial charge in [0.15, 0.2) is 0 Å².